The van der Waals surface area contributed by atoms with E-state index < -0.39 is 0 Å². The van der Waals surface area contributed by atoms with Crippen molar-refractivity contribution in [2.45, 2.75) is 18.9 Å². The zero-order valence-corrected chi connectivity index (χ0v) is 6.62. The van der Waals surface area contributed by atoms with Crippen molar-refractivity contribution < 1.29 is 9.84 Å². The Balaban J connectivity index is 2.11. The van der Waals surface area contributed by atoms with Gasteiger partial charge >= 0.3 is 0 Å². The van der Waals surface area contributed by atoms with Gasteiger partial charge in [0.2, 0.25) is 0 Å². The number of aliphatic hydroxyl groups is 1. The largest absolute Gasteiger partial charge is 0.395 e. The summed E-state index contributed by atoms with van der Waals surface area (Å²) in [6.45, 7) is 4.81. The van der Waals surface area contributed by atoms with E-state index in [1.165, 1.54) is 6.42 Å². The Morgan fingerprint density at radius 2 is 2.55 bits per heavy atom. The van der Waals surface area contributed by atoms with E-state index in [1.54, 1.807) is 0 Å². The van der Waals surface area contributed by atoms with Crippen molar-refractivity contribution in [2.75, 3.05) is 13.2 Å². The summed E-state index contributed by atoms with van der Waals surface area (Å²) in [7, 11) is 0. The van der Waals surface area contributed by atoms with Crippen LogP contribution >= 0.6 is 0 Å². The molecule has 2 fully saturated rings. The lowest BCUT2D eigenvalue weighted by atomic mass is 10.0. The normalized spacial score (nSPS) is 48.1. The molecule has 0 aromatic rings. The highest BCUT2D eigenvalue weighted by molar-refractivity contribution is 5.21. The summed E-state index contributed by atoms with van der Waals surface area (Å²) in [6.07, 6.45) is 4.47. The van der Waals surface area contributed by atoms with Gasteiger partial charge in [0.15, 0.2) is 0 Å². The van der Waals surface area contributed by atoms with Gasteiger partial charge in [0.25, 0.3) is 0 Å². The smallest absolute Gasteiger partial charge is 0.0729 e. The van der Waals surface area contributed by atoms with E-state index in [1.807, 2.05) is 6.08 Å². The second-order valence-corrected chi connectivity index (χ2v) is 3.51. The summed E-state index contributed by atoms with van der Waals surface area (Å²) in [6, 6.07) is 0. The fraction of sp³-hybridized carbons (Fsp3) is 0.778. The molecule has 0 bridgehead atoms. The predicted octanol–water partition coefficient (Wildman–Crippen LogP) is 0.960. The summed E-state index contributed by atoms with van der Waals surface area (Å²) in [5, 5.41) is 9.14. The first kappa shape index (κ1) is 7.32. The number of aliphatic hydroxyl groups excluding tert-OH is 1. The molecule has 1 aliphatic heterocycles. The molecule has 3 unspecified atom stereocenters. The lowest BCUT2D eigenvalue weighted by Crippen LogP contribution is -2.11. The molecule has 0 radical (unpaired) electrons. The standard InChI is InChI=1S/C9H14O2/c1-2-9(6-10)7-4-3-5-11-8(7)9/h2,7-8,10H,1,3-6H2. The van der Waals surface area contributed by atoms with Crippen molar-refractivity contribution in [3.8, 4) is 0 Å². The van der Waals surface area contributed by atoms with Gasteiger partial charge in [-0.25, -0.2) is 0 Å². The van der Waals surface area contributed by atoms with E-state index in [-0.39, 0.29) is 18.1 Å². The monoisotopic (exact) mass is 154 g/mol. The Bertz CT molecular complexity index is 164. The van der Waals surface area contributed by atoms with Crippen molar-refractivity contribution >= 4 is 0 Å². The second kappa shape index (κ2) is 2.32. The van der Waals surface area contributed by atoms with Crippen LogP contribution in [0, 0.1) is 11.3 Å². The van der Waals surface area contributed by atoms with Crippen molar-refractivity contribution in [3.05, 3.63) is 12.7 Å². The Morgan fingerprint density at radius 3 is 3.00 bits per heavy atom. The van der Waals surface area contributed by atoms with Crippen molar-refractivity contribution in [2.24, 2.45) is 11.3 Å². The lowest BCUT2D eigenvalue weighted by molar-refractivity contribution is 0.0639. The summed E-state index contributed by atoms with van der Waals surface area (Å²) < 4.78 is 5.52. The first-order valence-corrected chi connectivity index (χ1v) is 4.21. The van der Waals surface area contributed by atoms with Crippen molar-refractivity contribution in [3.63, 3.8) is 0 Å². The minimum absolute atomic E-state index is 0.0729. The highest BCUT2D eigenvalue weighted by Gasteiger charge is 2.64. The molecular weight excluding hydrogens is 140 g/mol. The third kappa shape index (κ3) is 0.797. The maximum Gasteiger partial charge on any atom is 0.0729 e. The minimum atomic E-state index is -0.0729. The fourth-order valence-electron chi connectivity index (χ4n) is 2.25. The van der Waals surface area contributed by atoms with E-state index in [4.69, 9.17) is 9.84 Å². The summed E-state index contributed by atoms with van der Waals surface area (Å²) in [5.41, 5.74) is -0.0729. The number of ether oxygens (including phenoxy) is 1. The fourth-order valence-corrected chi connectivity index (χ4v) is 2.25. The molecule has 62 valence electrons. The molecule has 1 saturated heterocycles. The van der Waals surface area contributed by atoms with Crippen LogP contribution < -0.4 is 0 Å². The van der Waals surface area contributed by atoms with Crippen molar-refractivity contribution in [1.82, 2.24) is 0 Å². The van der Waals surface area contributed by atoms with Crippen LogP contribution in [0.15, 0.2) is 12.7 Å². The number of hydrogen-bond acceptors (Lipinski definition) is 2. The van der Waals surface area contributed by atoms with Crippen LogP contribution in [0.25, 0.3) is 0 Å². The van der Waals surface area contributed by atoms with Crippen LogP contribution in [0.3, 0.4) is 0 Å². The van der Waals surface area contributed by atoms with Gasteiger partial charge in [0.1, 0.15) is 0 Å². The molecule has 2 nitrogen and oxygen atoms in total. The molecule has 2 rings (SSSR count). The van der Waals surface area contributed by atoms with E-state index in [9.17, 15) is 0 Å². The van der Waals surface area contributed by atoms with Gasteiger partial charge in [-0.3, -0.25) is 0 Å². The molecule has 1 heterocycles. The van der Waals surface area contributed by atoms with E-state index in [2.05, 4.69) is 6.58 Å². The quantitative estimate of drug-likeness (QED) is 0.600. The zero-order valence-electron chi connectivity index (χ0n) is 6.62. The molecule has 11 heavy (non-hydrogen) atoms. The van der Waals surface area contributed by atoms with Crippen molar-refractivity contribution in [1.29, 1.82) is 0 Å². The minimum Gasteiger partial charge on any atom is -0.395 e. The van der Waals surface area contributed by atoms with Gasteiger partial charge in [-0.2, -0.15) is 0 Å². The molecule has 3 atom stereocenters. The summed E-state index contributed by atoms with van der Waals surface area (Å²) >= 11 is 0. The molecule has 1 aliphatic carbocycles. The number of hydrogen-bond donors (Lipinski definition) is 1. The average Bonchev–Trinajstić information content (AvgIpc) is 2.74. The van der Waals surface area contributed by atoms with Crippen LogP contribution in [0.5, 0.6) is 0 Å². The second-order valence-electron chi connectivity index (χ2n) is 3.51. The molecule has 0 aromatic carbocycles. The summed E-state index contributed by atoms with van der Waals surface area (Å²) in [5.74, 6) is 0.554. The molecule has 2 aliphatic rings. The number of fused-ring (bicyclic) bond motifs is 1. The van der Waals surface area contributed by atoms with Gasteiger partial charge in [-0.1, -0.05) is 6.08 Å². The van der Waals surface area contributed by atoms with Crippen LogP contribution in [0.2, 0.25) is 0 Å². The Hall–Kier alpha value is -0.340. The van der Waals surface area contributed by atoms with Gasteiger partial charge in [-0.05, 0) is 18.8 Å². The SMILES string of the molecule is C=CC1(CO)C2CCCOC21. The van der Waals surface area contributed by atoms with Crippen LogP contribution in [-0.4, -0.2) is 24.4 Å². The molecule has 0 amide bonds. The van der Waals surface area contributed by atoms with Crippen LogP contribution in [0.1, 0.15) is 12.8 Å². The maximum atomic E-state index is 9.14. The predicted molar refractivity (Wildman–Crippen MR) is 42.2 cm³/mol. The first-order valence-electron chi connectivity index (χ1n) is 4.21. The van der Waals surface area contributed by atoms with E-state index in [0.717, 1.165) is 13.0 Å². The maximum absolute atomic E-state index is 9.14. The highest BCUT2D eigenvalue weighted by atomic mass is 16.5. The molecule has 2 heteroatoms. The third-order valence-electron chi connectivity index (χ3n) is 3.09. The molecular formula is C9H14O2. The topological polar surface area (TPSA) is 29.5 Å². The number of rotatable bonds is 2. The Labute approximate surface area is 66.9 Å². The zero-order chi connectivity index (χ0) is 7.90. The van der Waals surface area contributed by atoms with Crippen LogP contribution in [0.4, 0.5) is 0 Å². The Morgan fingerprint density at radius 1 is 1.73 bits per heavy atom. The van der Waals surface area contributed by atoms with E-state index in [0.29, 0.717) is 5.92 Å². The van der Waals surface area contributed by atoms with E-state index >= 15 is 0 Å². The van der Waals surface area contributed by atoms with Crippen LogP contribution in [-0.2, 0) is 4.74 Å². The molecule has 0 spiro atoms. The lowest BCUT2D eigenvalue weighted by Gasteiger charge is -2.07. The molecule has 0 aromatic heterocycles. The first-order chi connectivity index (χ1) is 5.35. The average molecular weight is 154 g/mol. The van der Waals surface area contributed by atoms with Gasteiger partial charge < -0.3 is 9.84 Å². The summed E-state index contributed by atoms with van der Waals surface area (Å²) in [4.78, 5) is 0. The van der Waals surface area contributed by atoms with Gasteiger partial charge in [0.05, 0.1) is 12.7 Å². The molecule has 1 N–H and O–H groups in total. The van der Waals surface area contributed by atoms with Gasteiger partial charge in [0, 0.05) is 12.0 Å². The molecule has 1 saturated carbocycles. The van der Waals surface area contributed by atoms with Gasteiger partial charge in [-0.15, -0.1) is 6.58 Å². The Kier molecular flexibility index (Phi) is 1.55. The highest BCUT2D eigenvalue weighted by Crippen LogP contribution is 2.59. The third-order valence-corrected chi connectivity index (χ3v) is 3.09.